The van der Waals surface area contributed by atoms with E-state index in [1.165, 1.54) is 0 Å². The van der Waals surface area contributed by atoms with Crippen molar-refractivity contribution in [3.05, 3.63) is 18.5 Å². The van der Waals surface area contributed by atoms with Crippen molar-refractivity contribution in [2.45, 2.75) is 31.8 Å². The van der Waals surface area contributed by atoms with E-state index in [-0.39, 0.29) is 24.3 Å². The predicted octanol–water partition coefficient (Wildman–Crippen LogP) is -0.207. The summed E-state index contributed by atoms with van der Waals surface area (Å²) >= 11 is 0. The van der Waals surface area contributed by atoms with E-state index in [0.717, 1.165) is 0 Å². The predicted molar refractivity (Wildman–Crippen MR) is 91.8 cm³/mol. The van der Waals surface area contributed by atoms with Crippen LogP contribution in [0.4, 0.5) is 5.95 Å². The van der Waals surface area contributed by atoms with Crippen LogP contribution in [0.5, 0.6) is 0 Å². The number of piperidine rings is 1. The van der Waals surface area contributed by atoms with E-state index in [1.807, 2.05) is 4.90 Å². The van der Waals surface area contributed by atoms with E-state index in [9.17, 15) is 14.7 Å². The summed E-state index contributed by atoms with van der Waals surface area (Å²) in [5, 5.41) is 13.6. The molecule has 25 heavy (non-hydrogen) atoms. The Labute approximate surface area is 147 Å². The summed E-state index contributed by atoms with van der Waals surface area (Å²) in [5.74, 6) is 0.531. The fourth-order valence-electron chi connectivity index (χ4n) is 3.48. The van der Waals surface area contributed by atoms with Gasteiger partial charge in [-0.1, -0.05) is 0 Å². The molecule has 2 saturated heterocycles. The second kappa shape index (κ2) is 7.35. The molecule has 2 aliphatic heterocycles. The molecule has 2 aliphatic rings. The van der Waals surface area contributed by atoms with Gasteiger partial charge in [-0.15, -0.1) is 0 Å². The summed E-state index contributed by atoms with van der Waals surface area (Å²) in [4.78, 5) is 35.8. The maximum atomic E-state index is 12.4. The van der Waals surface area contributed by atoms with E-state index in [1.54, 1.807) is 30.3 Å². The van der Waals surface area contributed by atoms with E-state index in [2.05, 4.69) is 15.3 Å². The van der Waals surface area contributed by atoms with Crippen molar-refractivity contribution >= 4 is 17.8 Å². The summed E-state index contributed by atoms with van der Waals surface area (Å²) in [5.41, 5.74) is -0.963. The Morgan fingerprint density at radius 2 is 1.96 bits per heavy atom. The van der Waals surface area contributed by atoms with Gasteiger partial charge in [0.1, 0.15) is 5.60 Å². The molecular weight excluding hydrogens is 322 g/mol. The van der Waals surface area contributed by atoms with Crippen molar-refractivity contribution in [3.63, 3.8) is 0 Å². The van der Waals surface area contributed by atoms with Gasteiger partial charge in [-0.05, 0) is 25.3 Å². The van der Waals surface area contributed by atoms with E-state index >= 15 is 0 Å². The second-order valence-corrected chi connectivity index (χ2v) is 6.94. The fourth-order valence-corrected chi connectivity index (χ4v) is 3.48. The van der Waals surface area contributed by atoms with Gasteiger partial charge in [-0.25, -0.2) is 9.97 Å². The highest BCUT2D eigenvalue weighted by Gasteiger charge is 2.38. The molecule has 1 unspecified atom stereocenters. The number of nitrogens with one attached hydrogen (secondary N) is 1. The third-order valence-corrected chi connectivity index (χ3v) is 5.07. The topological polar surface area (TPSA) is 98.7 Å². The lowest BCUT2D eigenvalue weighted by molar-refractivity contribution is -0.134. The average molecular weight is 347 g/mol. The number of nitrogens with zero attached hydrogens (tertiary/aromatic N) is 4. The molecule has 8 heteroatoms. The van der Waals surface area contributed by atoms with Gasteiger partial charge in [0.25, 0.3) is 0 Å². The van der Waals surface area contributed by atoms with Crippen LogP contribution in [0.1, 0.15) is 26.2 Å². The molecule has 3 heterocycles. The molecule has 0 aromatic carbocycles. The molecule has 0 saturated carbocycles. The number of anilines is 1. The number of carbonyl (C=O) groups excluding carboxylic acids is 2. The maximum Gasteiger partial charge on any atom is 0.225 e. The van der Waals surface area contributed by atoms with Crippen molar-refractivity contribution in [2.24, 2.45) is 5.92 Å². The minimum atomic E-state index is -0.963. The van der Waals surface area contributed by atoms with E-state index < -0.39 is 5.60 Å². The van der Waals surface area contributed by atoms with Crippen molar-refractivity contribution in [1.82, 2.24) is 20.2 Å². The largest absolute Gasteiger partial charge is 0.386 e. The molecule has 0 spiro atoms. The Kier molecular flexibility index (Phi) is 5.17. The normalized spacial score (nSPS) is 24.4. The Morgan fingerprint density at radius 3 is 2.60 bits per heavy atom. The molecule has 3 rings (SSSR count). The van der Waals surface area contributed by atoms with Gasteiger partial charge in [0, 0.05) is 51.4 Å². The zero-order valence-corrected chi connectivity index (χ0v) is 14.5. The first kappa shape index (κ1) is 17.6. The standard InChI is InChI=1S/C17H25N5O3/c1-13(23)21-8-3-14(4-9-21)15(24)20-11-17(25)5-10-22(12-17)16-18-6-2-7-19-16/h2,6-7,14,25H,3-5,8-12H2,1H3,(H,20,24). The third-order valence-electron chi connectivity index (χ3n) is 5.07. The van der Waals surface area contributed by atoms with Crippen molar-refractivity contribution < 1.29 is 14.7 Å². The van der Waals surface area contributed by atoms with Gasteiger partial charge in [0.05, 0.1) is 6.54 Å². The van der Waals surface area contributed by atoms with Crippen LogP contribution < -0.4 is 10.2 Å². The number of likely N-dealkylation sites (tertiary alicyclic amines) is 1. The molecule has 8 nitrogen and oxygen atoms in total. The number of β-amino-alcohol motifs (C(OH)–C–C–N with tert-alkyl or cyclic N) is 1. The molecule has 1 aromatic heterocycles. The average Bonchev–Trinajstić information content (AvgIpc) is 3.03. The summed E-state index contributed by atoms with van der Waals surface area (Å²) in [6, 6.07) is 1.75. The van der Waals surface area contributed by atoms with Gasteiger partial charge in [0.2, 0.25) is 17.8 Å². The highest BCUT2D eigenvalue weighted by Crippen LogP contribution is 2.24. The number of carbonyl (C=O) groups is 2. The summed E-state index contributed by atoms with van der Waals surface area (Å²) < 4.78 is 0. The first-order valence-electron chi connectivity index (χ1n) is 8.74. The molecule has 0 radical (unpaired) electrons. The van der Waals surface area contributed by atoms with Gasteiger partial charge >= 0.3 is 0 Å². The lowest BCUT2D eigenvalue weighted by atomic mass is 9.95. The van der Waals surface area contributed by atoms with Crippen LogP contribution in [0.3, 0.4) is 0 Å². The van der Waals surface area contributed by atoms with E-state index in [4.69, 9.17) is 0 Å². The summed E-state index contributed by atoms with van der Waals surface area (Å²) in [6.45, 7) is 4.08. The summed E-state index contributed by atoms with van der Waals surface area (Å²) in [6.07, 6.45) is 5.26. The number of hydrogen-bond acceptors (Lipinski definition) is 6. The molecule has 2 N–H and O–H groups in total. The van der Waals surface area contributed by atoms with Crippen LogP contribution in [-0.2, 0) is 9.59 Å². The summed E-state index contributed by atoms with van der Waals surface area (Å²) in [7, 11) is 0. The Balaban J connectivity index is 1.47. The second-order valence-electron chi connectivity index (χ2n) is 6.94. The Morgan fingerprint density at radius 1 is 1.28 bits per heavy atom. The first-order chi connectivity index (χ1) is 12.0. The number of amides is 2. The highest BCUT2D eigenvalue weighted by atomic mass is 16.3. The number of rotatable bonds is 4. The van der Waals surface area contributed by atoms with Gasteiger partial charge in [-0.3, -0.25) is 9.59 Å². The van der Waals surface area contributed by atoms with E-state index in [0.29, 0.717) is 51.4 Å². The van der Waals surface area contributed by atoms with Crippen molar-refractivity contribution in [1.29, 1.82) is 0 Å². The number of aromatic nitrogens is 2. The number of aliphatic hydroxyl groups is 1. The lowest BCUT2D eigenvalue weighted by Crippen LogP contribution is -2.48. The minimum absolute atomic E-state index is 0.0361. The van der Waals surface area contributed by atoms with Crippen molar-refractivity contribution in [3.8, 4) is 0 Å². The molecule has 0 bridgehead atoms. The van der Waals surface area contributed by atoms with Crippen molar-refractivity contribution in [2.75, 3.05) is 37.6 Å². The van der Waals surface area contributed by atoms with Crippen LogP contribution in [0.15, 0.2) is 18.5 Å². The third kappa shape index (κ3) is 4.25. The monoisotopic (exact) mass is 347 g/mol. The molecule has 136 valence electrons. The first-order valence-corrected chi connectivity index (χ1v) is 8.74. The Bertz CT molecular complexity index is 618. The smallest absolute Gasteiger partial charge is 0.225 e. The molecule has 2 fully saturated rings. The van der Waals surface area contributed by atoms with Crippen LogP contribution in [0, 0.1) is 5.92 Å². The van der Waals surface area contributed by atoms with Crippen LogP contribution in [0.2, 0.25) is 0 Å². The Hall–Kier alpha value is -2.22. The fraction of sp³-hybridized carbons (Fsp3) is 0.647. The van der Waals surface area contributed by atoms with Crippen LogP contribution in [-0.4, -0.2) is 70.1 Å². The van der Waals surface area contributed by atoms with Crippen LogP contribution >= 0.6 is 0 Å². The molecule has 2 amide bonds. The lowest BCUT2D eigenvalue weighted by Gasteiger charge is -2.31. The van der Waals surface area contributed by atoms with Gasteiger partial charge < -0.3 is 20.2 Å². The maximum absolute atomic E-state index is 12.4. The SMILES string of the molecule is CC(=O)N1CCC(C(=O)NCC2(O)CCN(c3ncccn3)C2)CC1. The van der Waals surface area contributed by atoms with Gasteiger partial charge in [0.15, 0.2) is 0 Å². The van der Waals surface area contributed by atoms with Gasteiger partial charge in [-0.2, -0.15) is 0 Å². The zero-order valence-electron chi connectivity index (χ0n) is 14.5. The molecular formula is C17H25N5O3. The molecule has 1 atom stereocenters. The zero-order chi connectivity index (χ0) is 17.9. The quantitative estimate of drug-likeness (QED) is 0.782. The highest BCUT2D eigenvalue weighted by molar-refractivity contribution is 5.79. The minimum Gasteiger partial charge on any atom is -0.386 e. The number of hydrogen-bond donors (Lipinski definition) is 2. The molecule has 1 aromatic rings. The molecule has 0 aliphatic carbocycles. The van der Waals surface area contributed by atoms with Crippen LogP contribution in [0.25, 0.3) is 0 Å².